The summed E-state index contributed by atoms with van der Waals surface area (Å²) in [6.07, 6.45) is 10.2. The van der Waals surface area contributed by atoms with Crippen LogP contribution in [0.1, 0.15) is 10.4 Å². The fraction of sp³-hybridized carbons (Fsp3) is 0.0556. The second-order valence-corrected chi connectivity index (χ2v) is 5.55. The first-order valence-electron chi connectivity index (χ1n) is 7.66. The molecular weight excluding hydrogens is 316 g/mol. The summed E-state index contributed by atoms with van der Waals surface area (Å²) < 4.78 is 1.73. The zero-order chi connectivity index (χ0) is 17.2. The van der Waals surface area contributed by atoms with Crippen molar-refractivity contribution in [1.82, 2.24) is 24.7 Å². The minimum absolute atomic E-state index is 0.264. The van der Waals surface area contributed by atoms with Crippen molar-refractivity contribution in [1.29, 1.82) is 0 Å². The van der Waals surface area contributed by atoms with Crippen LogP contribution in [0.15, 0.2) is 61.4 Å². The quantitative estimate of drug-likeness (QED) is 0.624. The number of hydrogen-bond acceptors (Lipinski definition) is 5. The van der Waals surface area contributed by atoms with Crippen LogP contribution in [-0.2, 0) is 7.05 Å². The van der Waals surface area contributed by atoms with Gasteiger partial charge in [0.05, 0.1) is 17.3 Å². The van der Waals surface area contributed by atoms with Gasteiger partial charge in [0.25, 0.3) is 5.91 Å². The van der Waals surface area contributed by atoms with Crippen LogP contribution in [-0.4, -0.2) is 30.6 Å². The van der Waals surface area contributed by atoms with Crippen LogP contribution in [0.5, 0.6) is 0 Å². The van der Waals surface area contributed by atoms with Crippen LogP contribution in [0.4, 0.5) is 5.82 Å². The Hall–Kier alpha value is -3.61. The minimum atomic E-state index is -0.264. The van der Waals surface area contributed by atoms with E-state index in [1.54, 1.807) is 41.6 Å². The number of hydrogen-bond donors (Lipinski definition) is 1. The Bertz CT molecular complexity index is 1060. The molecule has 0 aliphatic carbocycles. The monoisotopic (exact) mass is 330 g/mol. The van der Waals surface area contributed by atoms with Crippen LogP contribution >= 0.6 is 0 Å². The molecule has 0 spiro atoms. The van der Waals surface area contributed by atoms with Gasteiger partial charge in [-0.25, -0.2) is 4.98 Å². The Balaban J connectivity index is 1.74. The molecule has 0 aliphatic rings. The van der Waals surface area contributed by atoms with Gasteiger partial charge in [0.15, 0.2) is 0 Å². The van der Waals surface area contributed by atoms with Gasteiger partial charge in [-0.15, -0.1) is 0 Å². The van der Waals surface area contributed by atoms with E-state index >= 15 is 0 Å². The summed E-state index contributed by atoms with van der Waals surface area (Å²) in [5.41, 5.74) is 3.08. The molecule has 122 valence electrons. The number of nitrogens with one attached hydrogen (secondary N) is 1. The highest BCUT2D eigenvalue weighted by Crippen LogP contribution is 2.26. The molecule has 1 N–H and O–H groups in total. The highest BCUT2D eigenvalue weighted by molar-refractivity contribution is 6.07. The Kier molecular flexibility index (Phi) is 3.66. The third-order valence-electron chi connectivity index (χ3n) is 3.80. The number of anilines is 1. The zero-order valence-electron chi connectivity index (χ0n) is 13.4. The number of nitrogens with zero attached hydrogens (tertiary/aromatic N) is 5. The van der Waals surface area contributed by atoms with E-state index in [1.165, 1.54) is 6.20 Å². The van der Waals surface area contributed by atoms with E-state index in [2.05, 4.69) is 25.4 Å². The predicted molar refractivity (Wildman–Crippen MR) is 93.9 cm³/mol. The van der Waals surface area contributed by atoms with Gasteiger partial charge in [0.1, 0.15) is 5.82 Å². The largest absolute Gasteiger partial charge is 0.306 e. The lowest BCUT2D eigenvalue weighted by Crippen LogP contribution is -2.13. The van der Waals surface area contributed by atoms with E-state index in [4.69, 9.17) is 0 Å². The Morgan fingerprint density at radius 2 is 2.00 bits per heavy atom. The number of carbonyl (C=O) groups excluding carboxylic acids is 1. The molecule has 0 aromatic carbocycles. The van der Waals surface area contributed by atoms with Crippen molar-refractivity contribution in [2.45, 2.75) is 0 Å². The number of rotatable bonds is 3. The molecule has 4 aromatic heterocycles. The van der Waals surface area contributed by atoms with Gasteiger partial charge in [-0.1, -0.05) is 0 Å². The second-order valence-electron chi connectivity index (χ2n) is 5.55. The average molecular weight is 330 g/mol. The van der Waals surface area contributed by atoms with Gasteiger partial charge in [-0.3, -0.25) is 19.4 Å². The van der Waals surface area contributed by atoms with Gasteiger partial charge in [-0.05, 0) is 24.3 Å². The molecule has 0 bridgehead atoms. The summed E-state index contributed by atoms with van der Waals surface area (Å²) in [5, 5.41) is 7.78. The first-order valence-corrected chi connectivity index (χ1v) is 7.66. The lowest BCUT2D eigenvalue weighted by Gasteiger charge is -2.08. The third kappa shape index (κ3) is 2.94. The van der Waals surface area contributed by atoms with Gasteiger partial charge in [-0.2, -0.15) is 5.10 Å². The zero-order valence-corrected chi connectivity index (χ0v) is 13.4. The predicted octanol–water partition coefficient (Wildman–Crippen LogP) is 2.68. The summed E-state index contributed by atoms with van der Waals surface area (Å²) in [6.45, 7) is 0. The Morgan fingerprint density at radius 1 is 1.08 bits per heavy atom. The summed E-state index contributed by atoms with van der Waals surface area (Å²) >= 11 is 0. The lowest BCUT2D eigenvalue weighted by atomic mass is 10.1. The van der Waals surface area contributed by atoms with E-state index in [-0.39, 0.29) is 5.91 Å². The van der Waals surface area contributed by atoms with Crippen LogP contribution in [0.2, 0.25) is 0 Å². The van der Waals surface area contributed by atoms with Crippen molar-refractivity contribution < 1.29 is 4.79 Å². The fourth-order valence-corrected chi connectivity index (χ4v) is 2.55. The molecule has 0 radical (unpaired) electrons. The fourth-order valence-electron chi connectivity index (χ4n) is 2.55. The molecular formula is C18H14N6O. The van der Waals surface area contributed by atoms with Gasteiger partial charge in [0.2, 0.25) is 0 Å². The minimum Gasteiger partial charge on any atom is -0.306 e. The second kappa shape index (κ2) is 6.12. The maximum atomic E-state index is 12.4. The van der Waals surface area contributed by atoms with Gasteiger partial charge in [0, 0.05) is 54.5 Å². The molecule has 7 heteroatoms. The lowest BCUT2D eigenvalue weighted by molar-refractivity contribution is 0.102. The number of amides is 1. The van der Waals surface area contributed by atoms with Gasteiger partial charge >= 0.3 is 0 Å². The molecule has 0 fully saturated rings. The molecule has 4 rings (SSSR count). The molecule has 7 nitrogen and oxygen atoms in total. The van der Waals surface area contributed by atoms with E-state index in [0.717, 1.165) is 22.0 Å². The van der Waals surface area contributed by atoms with Crippen molar-refractivity contribution >= 4 is 22.6 Å². The highest BCUT2D eigenvalue weighted by Gasteiger charge is 2.11. The van der Waals surface area contributed by atoms with E-state index < -0.39 is 0 Å². The van der Waals surface area contributed by atoms with Crippen molar-refractivity contribution in [3.63, 3.8) is 0 Å². The SMILES string of the molecule is Cn1cc(-c2cnc3ccnc(NC(=O)c4cccnc4)c3c2)cn1. The standard InChI is InChI=1S/C18H14N6O/c1-24-11-14(10-22-24)13-7-15-16(21-9-13)4-6-20-17(15)23-18(25)12-3-2-5-19-8-12/h2-11H,1H3,(H,20,23,25). The topological polar surface area (TPSA) is 85.6 Å². The molecule has 4 aromatic rings. The molecule has 0 atom stereocenters. The number of carbonyl (C=O) groups is 1. The van der Waals surface area contributed by atoms with Crippen LogP contribution in [0.25, 0.3) is 22.0 Å². The normalized spacial score (nSPS) is 10.8. The molecule has 1 amide bonds. The van der Waals surface area contributed by atoms with Crippen molar-refractivity contribution in [2.24, 2.45) is 7.05 Å². The third-order valence-corrected chi connectivity index (χ3v) is 3.80. The van der Waals surface area contributed by atoms with E-state index in [1.807, 2.05) is 25.4 Å². The maximum absolute atomic E-state index is 12.4. The number of pyridine rings is 3. The summed E-state index contributed by atoms with van der Waals surface area (Å²) in [6, 6.07) is 7.17. The molecule has 0 aliphatic heterocycles. The first-order chi connectivity index (χ1) is 12.2. The molecule has 0 saturated heterocycles. The Morgan fingerprint density at radius 3 is 2.76 bits per heavy atom. The molecule has 4 heterocycles. The maximum Gasteiger partial charge on any atom is 0.258 e. The van der Waals surface area contributed by atoms with Crippen molar-refractivity contribution in [3.05, 3.63) is 67.0 Å². The average Bonchev–Trinajstić information content (AvgIpc) is 3.09. The Labute approximate surface area is 143 Å². The first kappa shape index (κ1) is 14.9. The number of aryl methyl sites for hydroxylation is 1. The van der Waals surface area contributed by atoms with Crippen molar-refractivity contribution in [3.8, 4) is 11.1 Å². The number of aromatic nitrogens is 5. The van der Waals surface area contributed by atoms with Gasteiger partial charge < -0.3 is 5.32 Å². The van der Waals surface area contributed by atoms with Crippen LogP contribution in [0, 0.1) is 0 Å². The van der Waals surface area contributed by atoms with Crippen molar-refractivity contribution in [2.75, 3.05) is 5.32 Å². The van der Waals surface area contributed by atoms with Crippen LogP contribution < -0.4 is 5.32 Å². The number of fused-ring (bicyclic) bond motifs is 1. The summed E-state index contributed by atoms with van der Waals surface area (Å²) in [7, 11) is 1.86. The molecule has 0 unspecified atom stereocenters. The van der Waals surface area contributed by atoms with E-state index in [9.17, 15) is 4.79 Å². The van der Waals surface area contributed by atoms with E-state index in [0.29, 0.717) is 11.4 Å². The smallest absolute Gasteiger partial charge is 0.258 e. The summed E-state index contributed by atoms with van der Waals surface area (Å²) in [4.78, 5) is 25.1. The molecule has 0 saturated carbocycles. The highest BCUT2D eigenvalue weighted by atomic mass is 16.1. The van der Waals surface area contributed by atoms with Crippen LogP contribution in [0.3, 0.4) is 0 Å². The summed E-state index contributed by atoms with van der Waals surface area (Å²) in [5.74, 6) is 0.199. The molecule has 25 heavy (non-hydrogen) atoms.